The van der Waals surface area contributed by atoms with Gasteiger partial charge in [-0.2, -0.15) is 0 Å². The van der Waals surface area contributed by atoms with E-state index in [-0.39, 0.29) is 11.9 Å². The average Bonchev–Trinajstić information content (AvgIpc) is 2.31. The fraction of sp³-hybridized carbons (Fsp3) is 0.417. The third-order valence-corrected chi connectivity index (χ3v) is 4.30. The van der Waals surface area contributed by atoms with E-state index in [1.165, 1.54) is 12.1 Å². The van der Waals surface area contributed by atoms with Crippen LogP contribution in [0.4, 0.5) is 4.39 Å². The summed E-state index contributed by atoms with van der Waals surface area (Å²) >= 11 is 6.42. The molecule has 0 radical (unpaired) electrons. The summed E-state index contributed by atoms with van der Waals surface area (Å²) in [7, 11) is 0. The van der Waals surface area contributed by atoms with Gasteiger partial charge in [0.1, 0.15) is 5.82 Å². The lowest BCUT2D eigenvalue weighted by molar-refractivity contribution is 0.0930. The first-order chi connectivity index (χ1) is 7.95. The second-order valence-electron chi connectivity index (χ2n) is 4.02. The summed E-state index contributed by atoms with van der Waals surface area (Å²) in [5.74, 6) is -0.366. The molecule has 0 bridgehead atoms. The molecular formula is C12H14Br2FNO. The minimum Gasteiger partial charge on any atom is -0.349 e. The summed E-state index contributed by atoms with van der Waals surface area (Å²) in [6, 6.07) is 4.38. The van der Waals surface area contributed by atoms with E-state index in [0.717, 1.165) is 5.33 Å². The van der Waals surface area contributed by atoms with Gasteiger partial charge in [-0.25, -0.2) is 4.39 Å². The van der Waals surface area contributed by atoms with Crippen molar-refractivity contribution in [1.29, 1.82) is 0 Å². The number of amides is 1. The van der Waals surface area contributed by atoms with Crippen molar-refractivity contribution in [2.24, 2.45) is 5.92 Å². The SMILES string of the molecule is CC(CBr)C(C)NC(=O)c1ccc(Br)c(F)c1. The van der Waals surface area contributed by atoms with Crippen LogP contribution in [0.2, 0.25) is 0 Å². The molecule has 17 heavy (non-hydrogen) atoms. The molecule has 94 valence electrons. The Hall–Kier alpha value is -0.420. The highest BCUT2D eigenvalue weighted by molar-refractivity contribution is 9.10. The Morgan fingerprint density at radius 1 is 1.47 bits per heavy atom. The molecule has 0 spiro atoms. The van der Waals surface area contributed by atoms with Crippen molar-refractivity contribution >= 4 is 37.8 Å². The molecule has 1 N–H and O–H groups in total. The zero-order valence-electron chi connectivity index (χ0n) is 9.64. The minimum absolute atomic E-state index is 0.0357. The highest BCUT2D eigenvalue weighted by Gasteiger charge is 2.15. The molecule has 2 unspecified atom stereocenters. The molecule has 1 aromatic carbocycles. The summed E-state index contributed by atoms with van der Waals surface area (Å²) in [5, 5.41) is 3.65. The van der Waals surface area contributed by atoms with E-state index in [0.29, 0.717) is 16.0 Å². The predicted molar refractivity (Wildman–Crippen MR) is 74.0 cm³/mol. The van der Waals surface area contributed by atoms with Gasteiger partial charge in [-0.05, 0) is 47.0 Å². The number of rotatable bonds is 4. The Bertz CT molecular complexity index is 411. The first-order valence-corrected chi connectivity index (χ1v) is 7.19. The molecule has 2 atom stereocenters. The van der Waals surface area contributed by atoms with Crippen molar-refractivity contribution in [1.82, 2.24) is 5.32 Å². The smallest absolute Gasteiger partial charge is 0.251 e. The maximum absolute atomic E-state index is 13.3. The van der Waals surface area contributed by atoms with Gasteiger partial charge in [0.15, 0.2) is 0 Å². The second kappa shape index (κ2) is 6.50. The van der Waals surface area contributed by atoms with Gasteiger partial charge in [0.05, 0.1) is 4.47 Å². The Morgan fingerprint density at radius 2 is 2.12 bits per heavy atom. The van der Waals surface area contributed by atoms with Crippen LogP contribution >= 0.6 is 31.9 Å². The van der Waals surface area contributed by atoms with Gasteiger partial charge < -0.3 is 5.32 Å². The van der Waals surface area contributed by atoms with Crippen LogP contribution in [0, 0.1) is 11.7 Å². The predicted octanol–water partition coefficient (Wildman–Crippen LogP) is 3.74. The molecule has 5 heteroatoms. The van der Waals surface area contributed by atoms with Crippen LogP contribution < -0.4 is 5.32 Å². The number of nitrogens with one attached hydrogen (secondary N) is 1. The van der Waals surface area contributed by atoms with E-state index in [1.807, 2.05) is 13.8 Å². The van der Waals surface area contributed by atoms with Crippen molar-refractivity contribution in [2.45, 2.75) is 19.9 Å². The van der Waals surface area contributed by atoms with Crippen LogP contribution in [0.25, 0.3) is 0 Å². The average molecular weight is 367 g/mol. The standard InChI is InChI=1S/C12H14Br2FNO/c1-7(6-13)8(2)16-12(17)9-3-4-10(14)11(15)5-9/h3-5,7-8H,6H2,1-2H3,(H,16,17). The summed E-state index contributed by atoms with van der Waals surface area (Å²) in [4.78, 5) is 11.8. The largest absolute Gasteiger partial charge is 0.349 e. The third kappa shape index (κ3) is 4.07. The van der Waals surface area contributed by atoms with E-state index in [1.54, 1.807) is 6.07 Å². The van der Waals surface area contributed by atoms with Crippen LogP contribution in [-0.4, -0.2) is 17.3 Å². The zero-order chi connectivity index (χ0) is 13.0. The molecule has 0 heterocycles. The van der Waals surface area contributed by atoms with Crippen molar-refractivity contribution in [3.63, 3.8) is 0 Å². The van der Waals surface area contributed by atoms with Crippen molar-refractivity contribution in [3.05, 3.63) is 34.1 Å². The maximum atomic E-state index is 13.3. The van der Waals surface area contributed by atoms with E-state index in [4.69, 9.17) is 0 Å². The van der Waals surface area contributed by atoms with Crippen LogP contribution in [0.15, 0.2) is 22.7 Å². The number of hydrogen-bond donors (Lipinski definition) is 1. The lowest BCUT2D eigenvalue weighted by Crippen LogP contribution is -2.37. The monoisotopic (exact) mass is 365 g/mol. The van der Waals surface area contributed by atoms with E-state index in [9.17, 15) is 9.18 Å². The van der Waals surface area contributed by atoms with Gasteiger partial charge in [-0.3, -0.25) is 4.79 Å². The second-order valence-corrected chi connectivity index (χ2v) is 5.52. The normalized spacial score (nSPS) is 14.2. The molecular weight excluding hydrogens is 353 g/mol. The van der Waals surface area contributed by atoms with Gasteiger partial charge in [-0.15, -0.1) is 0 Å². The van der Waals surface area contributed by atoms with Crippen LogP contribution in [-0.2, 0) is 0 Å². The molecule has 0 aliphatic heterocycles. The number of carbonyl (C=O) groups excluding carboxylic acids is 1. The molecule has 0 fully saturated rings. The summed E-state index contributed by atoms with van der Waals surface area (Å²) in [6.07, 6.45) is 0. The summed E-state index contributed by atoms with van der Waals surface area (Å²) in [6.45, 7) is 3.96. The molecule has 0 aliphatic carbocycles. The first kappa shape index (κ1) is 14.6. The Labute approximate surface area is 117 Å². The van der Waals surface area contributed by atoms with Crippen molar-refractivity contribution < 1.29 is 9.18 Å². The molecule has 0 aliphatic rings. The summed E-state index contributed by atoms with van der Waals surface area (Å²) in [5.41, 5.74) is 0.333. The number of carbonyl (C=O) groups is 1. The fourth-order valence-electron chi connectivity index (χ4n) is 1.20. The number of hydrogen-bond acceptors (Lipinski definition) is 1. The number of halogens is 3. The number of alkyl halides is 1. The molecule has 0 aromatic heterocycles. The van der Waals surface area contributed by atoms with Gasteiger partial charge in [-0.1, -0.05) is 22.9 Å². The molecule has 2 nitrogen and oxygen atoms in total. The molecule has 0 saturated carbocycles. The van der Waals surface area contributed by atoms with Crippen molar-refractivity contribution in [2.75, 3.05) is 5.33 Å². The summed E-state index contributed by atoms with van der Waals surface area (Å²) < 4.78 is 13.6. The van der Waals surface area contributed by atoms with Crippen LogP contribution in [0.3, 0.4) is 0 Å². The Balaban J connectivity index is 2.73. The van der Waals surface area contributed by atoms with Gasteiger partial charge in [0.25, 0.3) is 5.91 Å². The van der Waals surface area contributed by atoms with Gasteiger partial charge in [0.2, 0.25) is 0 Å². The van der Waals surface area contributed by atoms with Gasteiger partial charge in [0, 0.05) is 16.9 Å². The zero-order valence-corrected chi connectivity index (χ0v) is 12.8. The Morgan fingerprint density at radius 3 is 2.65 bits per heavy atom. The first-order valence-electron chi connectivity index (χ1n) is 5.27. The molecule has 0 saturated heterocycles. The van der Waals surface area contributed by atoms with E-state index < -0.39 is 5.82 Å². The maximum Gasteiger partial charge on any atom is 0.251 e. The highest BCUT2D eigenvalue weighted by atomic mass is 79.9. The van der Waals surface area contributed by atoms with Crippen molar-refractivity contribution in [3.8, 4) is 0 Å². The topological polar surface area (TPSA) is 29.1 Å². The number of benzene rings is 1. The molecule has 1 rings (SSSR count). The minimum atomic E-state index is -0.432. The van der Waals surface area contributed by atoms with Crippen LogP contribution in [0.5, 0.6) is 0 Å². The van der Waals surface area contributed by atoms with Gasteiger partial charge >= 0.3 is 0 Å². The molecule has 1 aromatic rings. The van der Waals surface area contributed by atoms with Crippen LogP contribution in [0.1, 0.15) is 24.2 Å². The van der Waals surface area contributed by atoms with E-state index >= 15 is 0 Å². The quantitative estimate of drug-likeness (QED) is 0.808. The Kier molecular flexibility index (Phi) is 5.59. The fourth-order valence-corrected chi connectivity index (χ4v) is 2.01. The van der Waals surface area contributed by atoms with E-state index in [2.05, 4.69) is 37.2 Å². The third-order valence-electron chi connectivity index (χ3n) is 2.64. The lowest BCUT2D eigenvalue weighted by Gasteiger charge is -2.19. The highest BCUT2D eigenvalue weighted by Crippen LogP contribution is 2.16. The lowest BCUT2D eigenvalue weighted by atomic mass is 10.1. The molecule has 1 amide bonds.